The Bertz CT molecular complexity index is 609. The molecule has 0 saturated carbocycles. The largest absolute Gasteiger partial charge is 0.394 e. The lowest BCUT2D eigenvalue weighted by molar-refractivity contribution is -0.326. The van der Waals surface area contributed by atoms with Crippen LogP contribution in [0, 0.1) is 0 Å². The van der Waals surface area contributed by atoms with Gasteiger partial charge in [0.1, 0.15) is 42.7 Å². The van der Waals surface area contributed by atoms with Crippen molar-refractivity contribution in [2.45, 2.75) is 75.4 Å². The van der Waals surface area contributed by atoms with Gasteiger partial charge in [0.05, 0.1) is 13.2 Å². The Hall–Kier alpha value is -1.46. The molecule has 9 atom stereocenters. The van der Waals surface area contributed by atoms with Crippen molar-refractivity contribution >= 4 is 11.8 Å². The number of amides is 2. The summed E-state index contributed by atoms with van der Waals surface area (Å²) in [6.45, 7) is 2.09. The SMILES string of the molecule is CCCN(CCNC(=O)C(O)C(O)C(O[C@@H]1OC(CO)[C@H](O)[C@H](O)C1O)C(O)CO)C(C)=O. The van der Waals surface area contributed by atoms with Crippen LogP contribution in [0.25, 0.3) is 0 Å². The first-order valence-corrected chi connectivity index (χ1v) is 10.6. The average molecular weight is 484 g/mol. The van der Waals surface area contributed by atoms with Crippen LogP contribution in [0.4, 0.5) is 0 Å². The minimum atomic E-state index is -2.15. The molecular formula is C19H36N2O12. The third kappa shape index (κ3) is 8.06. The highest BCUT2D eigenvalue weighted by Crippen LogP contribution is 2.25. The van der Waals surface area contributed by atoms with Crippen LogP contribution in [-0.4, -0.2) is 146 Å². The summed E-state index contributed by atoms with van der Waals surface area (Å²) in [5, 5.41) is 81.2. The smallest absolute Gasteiger partial charge is 0.251 e. The van der Waals surface area contributed by atoms with Gasteiger partial charge in [-0.2, -0.15) is 0 Å². The summed E-state index contributed by atoms with van der Waals surface area (Å²) in [5.74, 6) is -1.26. The third-order valence-corrected chi connectivity index (χ3v) is 5.25. The minimum Gasteiger partial charge on any atom is -0.394 e. The molecule has 1 saturated heterocycles. The molecule has 0 aromatic rings. The fourth-order valence-corrected chi connectivity index (χ4v) is 3.29. The number of aliphatic hydroxyl groups is 8. The lowest BCUT2D eigenvalue weighted by atomic mass is 9.98. The van der Waals surface area contributed by atoms with Gasteiger partial charge in [0.2, 0.25) is 5.91 Å². The maximum absolute atomic E-state index is 12.2. The summed E-state index contributed by atoms with van der Waals surface area (Å²) in [7, 11) is 0. The predicted octanol–water partition coefficient (Wildman–Crippen LogP) is -5.38. The first-order valence-electron chi connectivity index (χ1n) is 10.6. The maximum atomic E-state index is 12.2. The van der Waals surface area contributed by atoms with Crippen molar-refractivity contribution in [3.05, 3.63) is 0 Å². The van der Waals surface area contributed by atoms with Crippen LogP contribution in [0.15, 0.2) is 0 Å². The molecule has 0 aromatic carbocycles. The Morgan fingerprint density at radius 3 is 2.21 bits per heavy atom. The van der Waals surface area contributed by atoms with E-state index in [1.807, 2.05) is 6.92 Å². The summed E-state index contributed by atoms with van der Waals surface area (Å²) in [6, 6.07) is 0. The van der Waals surface area contributed by atoms with Crippen molar-refractivity contribution in [1.82, 2.24) is 10.2 Å². The lowest BCUT2D eigenvalue weighted by Gasteiger charge is -2.42. The Kier molecular flexibility index (Phi) is 12.6. The van der Waals surface area contributed by atoms with E-state index in [9.17, 15) is 50.4 Å². The van der Waals surface area contributed by atoms with E-state index in [1.54, 1.807) is 0 Å². The number of rotatable bonds is 13. The summed E-state index contributed by atoms with van der Waals surface area (Å²) in [6.07, 6.45) is -15.8. The van der Waals surface area contributed by atoms with Crippen molar-refractivity contribution in [1.29, 1.82) is 0 Å². The van der Waals surface area contributed by atoms with Gasteiger partial charge in [0.25, 0.3) is 5.91 Å². The Labute approximate surface area is 191 Å². The molecule has 0 radical (unpaired) electrons. The molecule has 1 rings (SSSR count). The quantitative estimate of drug-likeness (QED) is 0.119. The highest BCUT2D eigenvalue weighted by Gasteiger charge is 2.47. The van der Waals surface area contributed by atoms with Crippen LogP contribution in [0.2, 0.25) is 0 Å². The monoisotopic (exact) mass is 484 g/mol. The number of carbonyl (C=O) groups excluding carboxylic acids is 2. The number of nitrogens with zero attached hydrogens (tertiary/aromatic N) is 1. The van der Waals surface area contributed by atoms with Gasteiger partial charge in [0.15, 0.2) is 12.4 Å². The van der Waals surface area contributed by atoms with E-state index < -0.39 is 74.2 Å². The zero-order valence-corrected chi connectivity index (χ0v) is 18.6. The fraction of sp³-hybridized carbons (Fsp3) is 0.895. The van der Waals surface area contributed by atoms with E-state index in [2.05, 4.69) is 5.32 Å². The lowest BCUT2D eigenvalue weighted by Crippen LogP contribution is -2.62. The van der Waals surface area contributed by atoms with Crippen LogP contribution in [0.3, 0.4) is 0 Å². The zero-order chi connectivity index (χ0) is 25.3. The third-order valence-electron chi connectivity index (χ3n) is 5.25. The Morgan fingerprint density at radius 1 is 1.06 bits per heavy atom. The van der Waals surface area contributed by atoms with E-state index in [4.69, 9.17) is 9.47 Å². The number of hydrogen-bond acceptors (Lipinski definition) is 12. The second-order valence-corrected chi connectivity index (χ2v) is 7.78. The Balaban J connectivity index is 2.82. The van der Waals surface area contributed by atoms with Gasteiger partial charge >= 0.3 is 0 Å². The van der Waals surface area contributed by atoms with Gasteiger partial charge in [-0.1, -0.05) is 6.92 Å². The Morgan fingerprint density at radius 2 is 1.70 bits per heavy atom. The van der Waals surface area contributed by atoms with E-state index in [-0.39, 0.29) is 19.0 Å². The molecule has 14 nitrogen and oxygen atoms in total. The van der Waals surface area contributed by atoms with Gasteiger partial charge in [0, 0.05) is 26.6 Å². The highest BCUT2D eigenvalue weighted by atomic mass is 16.7. The average Bonchev–Trinajstić information content (AvgIpc) is 2.79. The van der Waals surface area contributed by atoms with Crippen molar-refractivity contribution < 1.29 is 59.9 Å². The summed E-state index contributed by atoms with van der Waals surface area (Å²) in [5.41, 5.74) is 0. The molecule has 1 aliphatic heterocycles. The topological polar surface area (TPSA) is 230 Å². The second-order valence-electron chi connectivity index (χ2n) is 7.78. The van der Waals surface area contributed by atoms with E-state index >= 15 is 0 Å². The molecule has 0 aromatic heterocycles. The van der Waals surface area contributed by atoms with Crippen LogP contribution in [0.1, 0.15) is 20.3 Å². The van der Waals surface area contributed by atoms with Crippen LogP contribution in [0.5, 0.6) is 0 Å². The van der Waals surface area contributed by atoms with Crippen molar-refractivity contribution in [3.63, 3.8) is 0 Å². The standard InChI is InChI=1S/C19H36N2O12/c1-3-5-21(9(2)24)6-4-20-18(31)15(29)14(28)17(10(25)7-22)33-19-16(30)13(27)12(26)11(8-23)32-19/h10-17,19,22-23,25-30H,3-8H2,1-2H3,(H,20,31)/t10?,11?,12-,13-,14?,15?,16?,17?,19-/m0/s1. The number of nitrogens with one attached hydrogen (secondary N) is 1. The van der Waals surface area contributed by atoms with Crippen LogP contribution in [-0.2, 0) is 19.1 Å². The molecule has 194 valence electrons. The van der Waals surface area contributed by atoms with Crippen LogP contribution >= 0.6 is 0 Å². The molecule has 14 heteroatoms. The second kappa shape index (κ2) is 14.1. The van der Waals surface area contributed by atoms with E-state index in [0.717, 1.165) is 0 Å². The van der Waals surface area contributed by atoms with Crippen molar-refractivity contribution in [2.24, 2.45) is 0 Å². The van der Waals surface area contributed by atoms with Gasteiger partial charge < -0.3 is 60.5 Å². The molecule has 0 aliphatic carbocycles. The molecule has 33 heavy (non-hydrogen) atoms. The number of aliphatic hydroxyl groups excluding tert-OH is 8. The zero-order valence-electron chi connectivity index (χ0n) is 18.6. The van der Waals surface area contributed by atoms with Gasteiger partial charge in [-0.3, -0.25) is 9.59 Å². The van der Waals surface area contributed by atoms with Crippen molar-refractivity contribution in [2.75, 3.05) is 32.8 Å². The fourth-order valence-electron chi connectivity index (χ4n) is 3.29. The van der Waals surface area contributed by atoms with Crippen molar-refractivity contribution in [3.8, 4) is 0 Å². The summed E-state index contributed by atoms with van der Waals surface area (Å²) < 4.78 is 10.4. The van der Waals surface area contributed by atoms with E-state index in [0.29, 0.717) is 13.0 Å². The van der Waals surface area contributed by atoms with Gasteiger partial charge in [-0.05, 0) is 6.42 Å². The van der Waals surface area contributed by atoms with Gasteiger partial charge in [-0.25, -0.2) is 0 Å². The van der Waals surface area contributed by atoms with Crippen LogP contribution < -0.4 is 5.32 Å². The molecule has 1 heterocycles. The van der Waals surface area contributed by atoms with Gasteiger partial charge in [-0.15, -0.1) is 0 Å². The molecule has 6 unspecified atom stereocenters. The molecule has 9 N–H and O–H groups in total. The first kappa shape index (κ1) is 29.6. The molecule has 1 aliphatic rings. The highest BCUT2D eigenvalue weighted by molar-refractivity contribution is 5.81. The normalized spacial score (nSPS) is 29.1. The summed E-state index contributed by atoms with van der Waals surface area (Å²) >= 11 is 0. The number of ether oxygens (including phenoxy) is 2. The number of carbonyl (C=O) groups is 2. The predicted molar refractivity (Wildman–Crippen MR) is 109 cm³/mol. The molecule has 0 bridgehead atoms. The number of hydrogen-bond donors (Lipinski definition) is 9. The molecule has 1 fully saturated rings. The summed E-state index contributed by atoms with van der Waals surface area (Å²) in [4.78, 5) is 25.3. The molecule has 0 spiro atoms. The maximum Gasteiger partial charge on any atom is 0.251 e. The molecule has 2 amide bonds. The molecular weight excluding hydrogens is 448 g/mol. The first-order chi connectivity index (χ1) is 15.5. The minimum absolute atomic E-state index is 0.0387. The van der Waals surface area contributed by atoms with E-state index in [1.165, 1.54) is 11.8 Å².